The Morgan fingerprint density at radius 1 is 1.09 bits per heavy atom. The Morgan fingerprint density at radius 3 is 2.54 bits per heavy atom. The maximum Gasteiger partial charge on any atom is 0.355 e. The Bertz CT molecular complexity index is 1790. The number of hydrogen-bond acceptors (Lipinski definition) is 6. The molecule has 2 heterocycles. The highest BCUT2D eigenvalue weighted by atomic mass is 32.2. The van der Waals surface area contributed by atoms with Crippen molar-refractivity contribution < 1.29 is 23.2 Å². The molecule has 6 atom stereocenters. The van der Waals surface area contributed by atoms with E-state index in [0.29, 0.717) is 58.8 Å². The van der Waals surface area contributed by atoms with Gasteiger partial charge in [0.1, 0.15) is 5.82 Å². The minimum absolute atomic E-state index is 0.0564. The van der Waals surface area contributed by atoms with Crippen molar-refractivity contribution in [3.8, 4) is 16.4 Å². The van der Waals surface area contributed by atoms with Gasteiger partial charge in [-0.1, -0.05) is 19.9 Å². The molecule has 8 rings (SSSR count). The maximum absolute atomic E-state index is 15.8. The predicted octanol–water partition coefficient (Wildman–Crippen LogP) is 7.67. The smallest absolute Gasteiger partial charge is 0.355 e. The Balaban J connectivity index is 1.38. The molecular formula is C35H38F2N4O3S2. The van der Waals surface area contributed by atoms with Crippen molar-refractivity contribution in [1.82, 2.24) is 14.8 Å². The third-order valence-electron chi connectivity index (χ3n) is 10.5. The minimum atomic E-state index is -1.95. The van der Waals surface area contributed by atoms with Crippen LogP contribution in [0.1, 0.15) is 91.2 Å². The SMILES string of the molecule is CC1CC2CCC(C1)C(c1cc(-c3nn(-c4nc(C(=O)O)cs4)c(CC4CC4)c3Cc3ccc([S+](N)[O-])c(F)c3)ccc1F)C2C. The lowest BCUT2D eigenvalue weighted by atomic mass is 9.65. The molecule has 0 aliphatic heterocycles. The molecule has 4 aromatic rings. The van der Waals surface area contributed by atoms with E-state index in [-0.39, 0.29) is 22.3 Å². The van der Waals surface area contributed by atoms with Gasteiger partial charge in [-0.15, -0.1) is 16.5 Å². The van der Waals surface area contributed by atoms with Gasteiger partial charge < -0.3 is 9.66 Å². The standard InChI is InChI=1S/C35H38F2N4O3S2/c1-18-11-22-6-7-23(12-18)32(19(22)2)25-16-24(8-9-27(25)36)33-26(13-21-5-10-31(46(38)44)28(37)14-21)30(15-20-3-4-20)41(40-33)35-39-29(17-45-35)34(42)43/h5,8-10,14,16-20,22-23,32H,3-4,6-7,11-13,15,38H2,1-2H3,(H,42,43). The van der Waals surface area contributed by atoms with Crippen LogP contribution in [0.5, 0.6) is 0 Å². The lowest BCUT2D eigenvalue weighted by molar-refractivity contribution is 0.0691. The predicted molar refractivity (Wildman–Crippen MR) is 174 cm³/mol. The summed E-state index contributed by atoms with van der Waals surface area (Å²) in [5.41, 5.74) is 4.51. The Labute approximate surface area is 274 Å². The summed E-state index contributed by atoms with van der Waals surface area (Å²) in [5.74, 6) is 0.623. The number of carboxylic acids is 1. The summed E-state index contributed by atoms with van der Waals surface area (Å²) in [6.45, 7) is 4.61. The quantitative estimate of drug-likeness (QED) is 0.177. The first kappa shape index (κ1) is 31.5. The monoisotopic (exact) mass is 664 g/mol. The van der Waals surface area contributed by atoms with Crippen molar-refractivity contribution >= 4 is 28.7 Å². The van der Waals surface area contributed by atoms with Gasteiger partial charge in [-0.3, -0.25) is 0 Å². The number of halogens is 2. The highest BCUT2D eigenvalue weighted by Crippen LogP contribution is 2.53. The number of hydrogen-bond donors (Lipinski definition) is 2. The van der Waals surface area contributed by atoms with Gasteiger partial charge in [-0.2, -0.15) is 5.10 Å². The third kappa shape index (κ3) is 6.03. The highest BCUT2D eigenvalue weighted by molar-refractivity contribution is 7.89. The molecule has 46 heavy (non-hydrogen) atoms. The van der Waals surface area contributed by atoms with Crippen LogP contribution in [0.15, 0.2) is 46.7 Å². The van der Waals surface area contributed by atoms with Crippen molar-refractivity contribution in [2.24, 2.45) is 34.7 Å². The second-order valence-electron chi connectivity index (χ2n) is 13.7. The number of nitrogens with zero attached hydrogens (tertiary/aromatic N) is 3. The first-order valence-corrected chi connectivity index (χ1v) is 18.2. The lowest BCUT2D eigenvalue weighted by Gasteiger charge is -2.39. The van der Waals surface area contributed by atoms with E-state index >= 15 is 4.39 Å². The van der Waals surface area contributed by atoms with Gasteiger partial charge in [-0.05, 0) is 122 Å². The van der Waals surface area contributed by atoms with E-state index < -0.39 is 23.1 Å². The number of benzene rings is 2. The molecule has 11 heteroatoms. The number of aromatic carboxylic acids is 1. The summed E-state index contributed by atoms with van der Waals surface area (Å²) in [6.07, 6.45) is 7.77. The molecule has 2 aromatic carbocycles. The molecule has 4 aliphatic rings. The molecule has 242 valence electrons. The van der Waals surface area contributed by atoms with Crippen molar-refractivity contribution in [2.75, 3.05) is 0 Å². The molecule has 6 unspecified atom stereocenters. The van der Waals surface area contributed by atoms with Gasteiger partial charge in [0.25, 0.3) is 0 Å². The van der Waals surface area contributed by atoms with Crippen LogP contribution < -0.4 is 5.14 Å². The molecule has 0 amide bonds. The Morgan fingerprint density at radius 2 is 1.85 bits per heavy atom. The fourth-order valence-corrected chi connectivity index (χ4v) is 9.38. The first-order chi connectivity index (χ1) is 22.1. The molecule has 0 radical (unpaired) electrons. The van der Waals surface area contributed by atoms with E-state index in [1.165, 1.54) is 41.7 Å². The molecule has 0 saturated heterocycles. The molecule has 4 saturated carbocycles. The average Bonchev–Trinajstić information content (AvgIpc) is 3.66. The third-order valence-corrected chi connectivity index (χ3v) is 12.1. The largest absolute Gasteiger partial charge is 0.593 e. The highest BCUT2D eigenvalue weighted by Gasteiger charge is 2.43. The Hall–Kier alpha value is -3.12. The van der Waals surface area contributed by atoms with E-state index in [0.717, 1.165) is 48.1 Å². The normalized spacial score (nSPS) is 25.0. The van der Waals surface area contributed by atoms with Gasteiger partial charge in [-0.25, -0.2) is 23.2 Å². The van der Waals surface area contributed by atoms with Gasteiger partial charge in [0.15, 0.2) is 11.5 Å². The molecular weight excluding hydrogens is 627 g/mol. The second kappa shape index (κ2) is 12.5. The number of nitrogens with two attached hydrogens (primary N) is 1. The minimum Gasteiger partial charge on any atom is -0.593 e. The van der Waals surface area contributed by atoms with Crippen LogP contribution in [0.2, 0.25) is 0 Å². The fraction of sp³-hybridized carbons (Fsp3) is 0.457. The maximum atomic E-state index is 15.8. The van der Waals surface area contributed by atoms with Gasteiger partial charge in [0.2, 0.25) is 10.0 Å². The van der Waals surface area contributed by atoms with Crippen molar-refractivity contribution in [3.63, 3.8) is 0 Å². The number of thiazole rings is 1. The van der Waals surface area contributed by atoms with Crippen molar-refractivity contribution in [1.29, 1.82) is 0 Å². The molecule has 2 bridgehead atoms. The van der Waals surface area contributed by atoms with E-state index in [4.69, 9.17) is 10.2 Å². The zero-order chi connectivity index (χ0) is 32.3. The Kier molecular flexibility index (Phi) is 8.54. The van der Waals surface area contributed by atoms with Crippen molar-refractivity contribution in [3.05, 3.63) is 81.5 Å². The summed E-state index contributed by atoms with van der Waals surface area (Å²) >= 11 is -0.749. The molecule has 0 spiro atoms. The van der Waals surface area contributed by atoms with Crippen LogP contribution in [0, 0.1) is 41.2 Å². The fourth-order valence-electron chi connectivity index (χ4n) is 8.15. The van der Waals surface area contributed by atoms with E-state index in [2.05, 4.69) is 18.8 Å². The van der Waals surface area contributed by atoms with Gasteiger partial charge in [0.05, 0.1) is 22.7 Å². The summed E-state index contributed by atoms with van der Waals surface area (Å²) < 4.78 is 44.4. The molecule has 4 aliphatic carbocycles. The summed E-state index contributed by atoms with van der Waals surface area (Å²) in [4.78, 5) is 16.0. The molecule has 7 nitrogen and oxygen atoms in total. The van der Waals surface area contributed by atoms with Gasteiger partial charge >= 0.3 is 5.97 Å². The van der Waals surface area contributed by atoms with Gasteiger partial charge in [0, 0.05) is 22.9 Å². The van der Waals surface area contributed by atoms with E-state index in [9.17, 15) is 18.8 Å². The van der Waals surface area contributed by atoms with Crippen molar-refractivity contribution in [2.45, 2.75) is 76.0 Å². The summed E-state index contributed by atoms with van der Waals surface area (Å²) in [5, 5.41) is 22.1. The molecule has 4 fully saturated rings. The zero-order valence-corrected chi connectivity index (χ0v) is 27.6. The van der Waals surface area contributed by atoms with E-state index in [1.807, 2.05) is 6.07 Å². The van der Waals surface area contributed by atoms with Crippen LogP contribution in [-0.4, -0.2) is 30.4 Å². The summed E-state index contributed by atoms with van der Waals surface area (Å²) in [6, 6.07) is 9.83. The van der Waals surface area contributed by atoms with Crippen LogP contribution >= 0.6 is 11.3 Å². The topological polar surface area (TPSA) is 117 Å². The molecule has 3 N–H and O–H groups in total. The van der Waals surface area contributed by atoms with Crippen LogP contribution in [0.3, 0.4) is 0 Å². The zero-order valence-electron chi connectivity index (χ0n) is 25.9. The number of fused-ring (bicyclic) bond motifs is 4. The number of aromatic nitrogens is 3. The number of carboxylic acid groups (broad SMARTS) is 1. The second-order valence-corrected chi connectivity index (χ2v) is 15.6. The van der Waals surface area contributed by atoms with E-state index in [1.54, 1.807) is 22.9 Å². The lowest BCUT2D eigenvalue weighted by Crippen LogP contribution is -2.29. The number of rotatable bonds is 9. The number of carbonyl (C=O) groups is 1. The first-order valence-electron chi connectivity index (χ1n) is 16.1. The summed E-state index contributed by atoms with van der Waals surface area (Å²) in [7, 11) is 0. The van der Waals surface area contributed by atoms with Crippen LogP contribution in [-0.2, 0) is 24.2 Å². The molecule has 2 aromatic heterocycles. The van der Waals surface area contributed by atoms with Crippen LogP contribution in [0.4, 0.5) is 8.78 Å². The van der Waals surface area contributed by atoms with Crippen LogP contribution in [0.25, 0.3) is 16.4 Å². The average molecular weight is 665 g/mol.